The van der Waals surface area contributed by atoms with Crippen LogP contribution in [-0.4, -0.2) is 99.8 Å². The van der Waals surface area contributed by atoms with Crippen molar-refractivity contribution in [3.05, 3.63) is 33.7 Å². The van der Waals surface area contributed by atoms with Crippen molar-refractivity contribution in [2.24, 2.45) is 0 Å². The van der Waals surface area contributed by atoms with Crippen molar-refractivity contribution < 1.29 is 9.90 Å². The molecule has 0 spiro atoms. The number of likely N-dealkylation sites (tertiary alicyclic amines) is 1. The predicted molar refractivity (Wildman–Crippen MR) is 158 cm³/mol. The monoisotopic (exact) mass is 591 g/mol. The summed E-state index contributed by atoms with van der Waals surface area (Å²) in [7, 11) is 0. The number of aliphatic hydroxyl groups excluding tert-OH is 1. The van der Waals surface area contributed by atoms with Crippen LogP contribution in [0.5, 0.6) is 0 Å². The van der Waals surface area contributed by atoms with Crippen LogP contribution in [0.3, 0.4) is 0 Å². The Morgan fingerprint density at radius 3 is 2.52 bits per heavy atom. The number of halogens is 2. The Morgan fingerprint density at radius 2 is 1.85 bits per heavy atom. The third-order valence-electron chi connectivity index (χ3n) is 8.05. The molecule has 218 valence electrons. The number of piperidine rings is 1. The minimum Gasteiger partial charge on any atom is -0.395 e. The number of aromatic nitrogens is 3. The van der Waals surface area contributed by atoms with Gasteiger partial charge in [0, 0.05) is 56.4 Å². The Kier molecular flexibility index (Phi) is 9.47. The van der Waals surface area contributed by atoms with E-state index in [1.54, 1.807) is 0 Å². The lowest BCUT2D eigenvalue weighted by Gasteiger charge is -2.47. The molecule has 5 N–H and O–H groups in total. The zero-order valence-corrected chi connectivity index (χ0v) is 24.5. The van der Waals surface area contributed by atoms with Crippen LogP contribution in [-0.2, 0) is 6.54 Å². The van der Waals surface area contributed by atoms with Gasteiger partial charge in [0.15, 0.2) is 22.5 Å². The summed E-state index contributed by atoms with van der Waals surface area (Å²) in [6, 6.07) is 5.57. The van der Waals surface area contributed by atoms with Crippen LogP contribution >= 0.6 is 23.2 Å². The van der Waals surface area contributed by atoms with E-state index in [1.165, 1.54) is 12.8 Å². The lowest BCUT2D eigenvalue weighted by atomic mass is 9.98. The van der Waals surface area contributed by atoms with Gasteiger partial charge in [0.2, 0.25) is 0 Å². The highest BCUT2D eigenvalue weighted by Crippen LogP contribution is 2.31. The molecule has 1 saturated carbocycles. The SMILES string of the molecule is CC[C@H]1CN(c2nc(N)c(C(=O)NCCO)nc2Cl)CCN1C1CCN(Cc2ccc(NC3CC3)nc2Cl)CC1. The first-order chi connectivity index (χ1) is 19.4. The van der Waals surface area contributed by atoms with Gasteiger partial charge in [-0.05, 0) is 51.3 Å². The van der Waals surface area contributed by atoms with Crippen molar-refractivity contribution >= 4 is 46.6 Å². The number of amides is 1. The van der Waals surface area contributed by atoms with Crippen molar-refractivity contribution in [3.63, 3.8) is 0 Å². The molecule has 1 atom stereocenters. The molecule has 0 bridgehead atoms. The third-order valence-corrected chi connectivity index (χ3v) is 8.63. The van der Waals surface area contributed by atoms with Crippen molar-refractivity contribution in [1.29, 1.82) is 0 Å². The molecule has 2 aromatic rings. The fourth-order valence-electron chi connectivity index (χ4n) is 5.69. The second-order valence-corrected chi connectivity index (χ2v) is 11.6. The number of nitrogens with one attached hydrogen (secondary N) is 2. The van der Waals surface area contributed by atoms with Crippen LogP contribution in [0.25, 0.3) is 0 Å². The highest BCUT2D eigenvalue weighted by atomic mass is 35.5. The Hall–Kier alpha value is -2.44. The summed E-state index contributed by atoms with van der Waals surface area (Å²) in [4.78, 5) is 32.8. The Labute approximate surface area is 245 Å². The van der Waals surface area contributed by atoms with Crippen LogP contribution in [0.2, 0.25) is 10.3 Å². The molecule has 40 heavy (non-hydrogen) atoms. The van der Waals surface area contributed by atoms with E-state index in [-0.39, 0.29) is 29.8 Å². The van der Waals surface area contributed by atoms with E-state index < -0.39 is 5.91 Å². The number of pyridine rings is 1. The zero-order valence-electron chi connectivity index (χ0n) is 23.0. The molecule has 1 amide bonds. The van der Waals surface area contributed by atoms with E-state index in [9.17, 15) is 4.79 Å². The number of nitrogen functional groups attached to an aromatic ring is 1. The summed E-state index contributed by atoms with van der Waals surface area (Å²) in [6.45, 7) is 7.42. The second kappa shape index (κ2) is 13.0. The smallest absolute Gasteiger partial charge is 0.273 e. The van der Waals surface area contributed by atoms with Crippen molar-refractivity contribution in [2.75, 3.05) is 61.8 Å². The van der Waals surface area contributed by atoms with E-state index in [0.29, 0.717) is 29.1 Å². The maximum Gasteiger partial charge on any atom is 0.273 e. The molecule has 2 saturated heterocycles. The number of rotatable bonds is 10. The average Bonchev–Trinajstić information content (AvgIpc) is 3.78. The van der Waals surface area contributed by atoms with Crippen LogP contribution in [0, 0.1) is 0 Å². The summed E-state index contributed by atoms with van der Waals surface area (Å²) < 4.78 is 0. The fourth-order valence-corrected chi connectivity index (χ4v) is 6.15. The first kappa shape index (κ1) is 29.1. The summed E-state index contributed by atoms with van der Waals surface area (Å²) >= 11 is 13.0. The zero-order chi connectivity index (χ0) is 28.2. The number of carbonyl (C=O) groups is 1. The maximum atomic E-state index is 12.3. The summed E-state index contributed by atoms with van der Waals surface area (Å²) in [6.07, 6.45) is 5.63. The van der Waals surface area contributed by atoms with Gasteiger partial charge in [0.1, 0.15) is 11.0 Å². The van der Waals surface area contributed by atoms with Crippen LogP contribution in [0.1, 0.15) is 55.1 Å². The maximum absolute atomic E-state index is 12.3. The largest absolute Gasteiger partial charge is 0.395 e. The molecule has 5 rings (SSSR count). The van der Waals surface area contributed by atoms with Crippen molar-refractivity contribution in [2.45, 2.75) is 63.7 Å². The lowest BCUT2D eigenvalue weighted by Crippen LogP contribution is -2.58. The van der Waals surface area contributed by atoms with Gasteiger partial charge in [-0.25, -0.2) is 15.0 Å². The molecule has 2 aromatic heterocycles. The Balaban J connectivity index is 1.15. The fraction of sp³-hybridized carbons (Fsp3) is 0.630. The van der Waals surface area contributed by atoms with E-state index in [2.05, 4.69) is 53.3 Å². The molecule has 4 heterocycles. The minimum absolute atomic E-state index is 0.0254. The minimum atomic E-state index is -0.503. The van der Waals surface area contributed by atoms with Crippen molar-refractivity contribution in [1.82, 2.24) is 30.1 Å². The van der Waals surface area contributed by atoms with Gasteiger partial charge >= 0.3 is 0 Å². The third kappa shape index (κ3) is 6.88. The van der Waals surface area contributed by atoms with Gasteiger partial charge in [-0.2, -0.15) is 0 Å². The molecular weight excluding hydrogens is 553 g/mol. The standard InChI is InChI=1S/C27H39Cl2N9O2/c1-2-19-16-37(26-24(29)34-22(25(30)35-26)27(40)31-9-14-39)12-13-38(19)20-7-10-36(11-8-20)15-17-3-6-21(33-23(17)28)32-18-4-5-18/h3,6,18-20,39H,2,4-5,7-16H2,1H3,(H2,30,35)(H,31,40)(H,32,33)/t19-/m0/s1. The number of anilines is 3. The summed E-state index contributed by atoms with van der Waals surface area (Å²) in [5, 5.41) is 15.6. The first-order valence-electron chi connectivity index (χ1n) is 14.2. The summed E-state index contributed by atoms with van der Waals surface area (Å²) in [5.74, 6) is 0.904. The van der Waals surface area contributed by atoms with Crippen LogP contribution in [0.15, 0.2) is 12.1 Å². The number of nitrogens with two attached hydrogens (primary N) is 1. The summed E-state index contributed by atoms with van der Waals surface area (Å²) in [5.41, 5.74) is 7.13. The van der Waals surface area contributed by atoms with Gasteiger partial charge in [-0.3, -0.25) is 14.6 Å². The number of hydrogen-bond acceptors (Lipinski definition) is 10. The topological polar surface area (TPSA) is 136 Å². The van der Waals surface area contributed by atoms with E-state index in [1.807, 2.05) is 6.07 Å². The molecule has 3 aliphatic rings. The quantitative estimate of drug-likeness (QED) is 0.305. The van der Waals surface area contributed by atoms with E-state index >= 15 is 0 Å². The number of hydrogen-bond donors (Lipinski definition) is 4. The van der Waals surface area contributed by atoms with Gasteiger partial charge in [0.05, 0.1) is 6.61 Å². The molecule has 13 heteroatoms. The van der Waals surface area contributed by atoms with E-state index in [0.717, 1.165) is 69.9 Å². The molecule has 0 aromatic carbocycles. The Bertz CT molecular complexity index is 1190. The van der Waals surface area contributed by atoms with Crippen LogP contribution < -0.4 is 21.3 Å². The van der Waals surface area contributed by atoms with Gasteiger partial charge in [-0.1, -0.05) is 36.2 Å². The van der Waals surface area contributed by atoms with E-state index in [4.69, 9.17) is 34.0 Å². The number of piperazine rings is 1. The molecule has 1 aliphatic carbocycles. The average molecular weight is 593 g/mol. The molecule has 11 nitrogen and oxygen atoms in total. The lowest BCUT2D eigenvalue weighted by molar-refractivity contribution is 0.0610. The molecule has 2 aliphatic heterocycles. The van der Waals surface area contributed by atoms with Crippen LogP contribution in [0.4, 0.5) is 17.5 Å². The molecular formula is C27H39Cl2N9O2. The molecule has 3 fully saturated rings. The number of carbonyl (C=O) groups excluding carboxylic acids is 1. The Morgan fingerprint density at radius 1 is 1.07 bits per heavy atom. The first-order valence-corrected chi connectivity index (χ1v) is 15.0. The second-order valence-electron chi connectivity index (χ2n) is 10.9. The molecule has 0 radical (unpaired) electrons. The number of nitrogens with zero attached hydrogens (tertiary/aromatic N) is 6. The van der Waals surface area contributed by atoms with Crippen molar-refractivity contribution in [3.8, 4) is 0 Å². The van der Waals surface area contributed by atoms with Gasteiger partial charge in [0.25, 0.3) is 5.91 Å². The van der Waals surface area contributed by atoms with Gasteiger partial charge in [-0.15, -0.1) is 0 Å². The predicted octanol–water partition coefficient (Wildman–Crippen LogP) is 2.62. The number of aliphatic hydroxyl groups is 1. The normalized spacial score (nSPS) is 21.0. The highest BCUT2D eigenvalue weighted by Gasteiger charge is 2.34. The van der Waals surface area contributed by atoms with Gasteiger partial charge < -0.3 is 26.4 Å². The molecule has 0 unspecified atom stereocenters. The highest BCUT2D eigenvalue weighted by molar-refractivity contribution is 6.32.